The lowest BCUT2D eigenvalue weighted by Gasteiger charge is -2.16. The van der Waals surface area contributed by atoms with Crippen LogP contribution in [-0.2, 0) is 9.59 Å². The first-order valence-electron chi connectivity index (χ1n) is 12.9. The number of unbranched alkanes of at least 4 members (excludes halogenated alkanes) is 1. The number of carboxylic acids is 6. The Bertz CT molecular complexity index is 1100. The van der Waals surface area contributed by atoms with Gasteiger partial charge in [-0.25, -0.2) is 19.2 Å². The van der Waals surface area contributed by atoms with Crippen molar-refractivity contribution in [1.82, 2.24) is 0 Å². The SMILES string of the molecule is CC(C)(CO)CO.O=C(O)CCCCC(=O)O.O=C(O)c1ccc(C(=O)O)cc1.O=C(O)c1cccc(C(=O)O)c1.OCCO. The summed E-state index contributed by atoms with van der Waals surface area (Å²) in [4.78, 5) is 61.2. The fraction of sp³-hybridized carbons (Fsp3) is 0.379. The monoisotopic (exact) mass is 644 g/mol. The molecular weight excluding hydrogens is 604 g/mol. The topological polar surface area (TPSA) is 305 Å². The number of aromatic carboxylic acids is 4. The maximum atomic E-state index is 10.4. The van der Waals surface area contributed by atoms with Crippen molar-refractivity contribution >= 4 is 35.8 Å². The largest absolute Gasteiger partial charge is 0.481 e. The van der Waals surface area contributed by atoms with E-state index in [2.05, 4.69) is 0 Å². The summed E-state index contributed by atoms with van der Waals surface area (Å²) in [7, 11) is 0. The minimum absolute atomic E-state index is 0.0186. The van der Waals surface area contributed by atoms with E-state index < -0.39 is 35.8 Å². The Hall–Kier alpha value is -4.90. The highest BCUT2D eigenvalue weighted by molar-refractivity contribution is 5.93. The van der Waals surface area contributed by atoms with Gasteiger partial charge in [0.05, 0.1) is 48.7 Å². The van der Waals surface area contributed by atoms with E-state index in [9.17, 15) is 28.8 Å². The standard InChI is InChI=1S/2C8H6O4.C6H10O4.C5H12O2.C2H6O2/c9-7(10)5-1-2-6(4-3-5)8(11)12;9-7(10)5-2-1-3-6(4-5)8(11)12;7-5(8)3-1-2-4-6(9)10;1-5(2,3-6)4-7;3-1-2-4/h2*1-4H,(H,9,10)(H,11,12);1-4H2,(H,7,8)(H,9,10);6-7H,3-4H2,1-2H3;3-4H,1-2H2. The molecule has 45 heavy (non-hydrogen) atoms. The van der Waals surface area contributed by atoms with Gasteiger partial charge in [0.25, 0.3) is 0 Å². The molecule has 2 aromatic carbocycles. The van der Waals surface area contributed by atoms with Gasteiger partial charge >= 0.3 is 35.8 Å². The second-order valence-electron chi connectivity index (χ2n) is 9.30. The Labute approximate surface area is 258 Å². The summed E-state index contributed by atoms with van der Waals surface area (Å²) < 4.78 is 0. The molecule has 16 nitrogen and oxygen atoms in total. The predicted molar refractivity (Wildman–Crippen MR) is 157 cm³/mol. The number of rotatable bonds is 12. The summed E-state index contributed by atoms with van der Waals surface area (Å²) >= 11 is 0. The van der Waals surface area contributed by atoms with E-state index in [0.29, 0.717) is 12.8 Å². The molecule has 2 aromatic rings. The van der Waals surface area contributed by atoms with Gasteiger partial charge < -0.3 is 51.1 Å². The van der Waals surface area contributed by atoms with Crippen molar-refractivity contribution in [3.63, 3.8) is 0 Å². The van der Waals surface area contributed by atoms with Crippen molar-refractivity contribution in [2.75, 3.05) is 26.4 Å². The first-order valence-corrected chi connectivity index (χ1v) is 12.9. The van der Waals surface area contributed by atoms with E-state index in [1.807, 2.05) is 0 Å². The number of carboxylic acid groups (broad SMARTS) is 6. The third-order valence-corrected chi connectivity index (χ3v) is 4.72. The molecule has 0 unspecified atom stereocenters. The number of aliphatic hydroxyl groups excluding tert-OH is 4. The summed E-state index contributed by atoms with van der Waals surface area (Å²) in [5, 5.41) is 82.3. The molecule has 10 N–H and O–H groups in total. The van der Waals surface area contributed by atoms with Crippen LogP contribution in [-0.4, -0.2) is 113 Å². The molecule has 0 bridgehead atoms. The molecule has 0 aliphatic carbocycles. The molecule has 0 aromatic heterocycles. The molecule has 16 heteroatoms. The third-order valence-electron chi connectivity index (χ3n) is 4.72. The number of hydrogen-bond acceptors (Lipinski definition) is 10. The average molecular weight is 645 g/mol. The molecule has 0 amide bonds. The minimum atomic E-state index is -1.13. The van der Waals surface area contributed by atoms with Crippen LogP contribution in [0.25, 0.3) is 0 Å². The first kappa shape index (κ1) is 44.5. The molecule has 0 aliphatic rings. The molecule has 252 valence electrons. The number of carbonyl (C=O) groups is 6. The van der Waals surface area contributed by atoms with Crippen LogP contribution in [0.5, 0.6) is 0 Å². The molecule has 0 aliphatic heterocycles. The van der Waals surface area contributed by atoms with Gasteiger partial charge in [-0.15, -0.1) is 0 Å². The zero-order valence-corrected chi connectivity index (χ0v) is 24.7. The Morgan fingerprint density at radius 3 is 0.978 bits per heavy atom. The van der Waals surface area contributed by atoms with Gasteiger partial charge in [0, 0.05) is 18.3 Å². The van der Waals surface area contributed by atoms with E-state index in [1.54, 1.807) is 13.8 Å². The maximum Gasteiger partial charge on any atom is 0.335 e. The Morgan fingerprint density at radius 2 is 0.800 bits per heavy atom. The normalized spacial score (nSPS) is 9.56. The van der Waals surface area contributed by atoms with Gasteiger partial charge in [-0.3, -0.25) is 9.59 Å². The molecule has 0 fully saturated rings. The highest BCUT2D eigenvalue weighted by Gasteiger charge is 2.13. The minimum Gasteiger partial charge on any atom is -0.481 e. The van der Waals surface area contributed by atoms with Crippen LogP contribution in [0.3, 0.4) is 0 Å². The fourth-order valence-electron chi connectivity index (χ4n) is 2.14. The predicted octanol–water partition coefficient (Wildman–Crippen LogP) is 1.85. The lowest BCUT2D eigenvalue weighted by atomic mass is 9.97. The smallest absolute Gasteiger partial charge is 0.335 e. The van der Waals surface area contributed by atoms with Crippen LogP contribution in [0.4, 0.5) is 0 Å². The number of benzene rings is 2. The zero-order chi connectivity index (χ0) is 35.6. The van der Waals surface area contributed by atoms with Crippen molar-refractivity contribution in [1.29, 1.82) is 0 Å². The molecule has 0 radical (unpaired) electrons. The lowest BCUT2D eigenvalue weighted by molar-refractivity contribution is -0.139. The van der Waals surface area contributed by atoms with Crippen molar-refractivity contribution in [2.45, 2.75) is 39.5 Å². The van der Waals surface area contributed by atoms with Crippen LogP contribution in [0.2, 0.25) is 0 Å². The van der Waals surface area contributed by atoms with Crippen LogP contribution < -0.4 is 0 Å². The quantitative estimate of drug-likeness (QED) is 0.147. The van der Waals surface area contributed by atoms with Gasteiger partial charge in [-0.05, 0) is 55.3 Å². The Kier molecular flexibility index (Phi) is 25.3. The van der Waals surface area contributed by atoms with Gasteiger partial charge in [0.15, 0.2) is 0 Å². The fourth-order valence-corrected chi connectivity index (χ4v) is 2.14. The molecule has 0 saturated heterocycles. The molecule has 0 atom stereocenters. The third kappa shape index (κ3) is 26.5. The van der Waals surface area contributed by atoms with E-state index in [4.69, 9.17) is 51.1 Å². The molecule has 0 heterocycles. The van der Waals surface area contributed by atoms with Crippen molar-refractivity contribution in [3.8, 4) is 0 Å². The summed E-state index contributed by atoms with van der Waals surface area (Å²) in [6.07, 6.45) is 1.02. The van der Waals surface area contributed by atoms with E-state index >= 15 is 0 Å². The molecule has 0 saturated carbocycles. The molecule has 2 rings (SSSR count). The number of aliphatic hydroxyl groups is 4. The Balaban J connectivity index is -0.000000511. The average Bonchev–Trinajstić information content (AvgIpc) is 3.00. The first-order chi connectivity index (χ1) is 20.9. The van der Waals surface area contributed by atoms with Crippen LogP contribution in [0.15, 0.2) is 48.5 Å². The zero-order valence-electron chi connectivity index (χ0n) is 24.7. The van der Waals surface area contributed by atoms with E-state index in [-0.39, 0.29) is 66.9 Å². The van der Waals surface area contributed by atoms with Crippen LogP contribution in [0, 0.1) is 5.41 Å². The summed E-state index contributed by atoms with van der Waals surface area (Å²) in [6, 6.07) is 10.2. The second-order valence-corrected chi connectivity index (χ2v) is 9.30. The van der Waals surface area contributed by atoms with E-state index in [0.717, 1.165) is 6.07 Å². The second kappa shape index (κ2) is 25.6. The van der Waals surface area contributed by atoms with Crippen molar-refractivity contribution in [3.05, 3.63) is 70.8 Å². The molecular formula is C29H40O16. The van der Waals surface area contributed by atoms with E-state index in [1.165, 1.54) is 42.5 Å². The van der Waals surface area contributed by atoms with Gasteiger partial charge in [-0.2, -0.15) is 0 Å². The van der Waals surface area contributed by atoms with Crippen LogP contribution in [0.1, 0.15) is 81.0 Å². The molecule has 0 spiro atoms. The number of aliphatic carboxylic acids is 2. The van der Waals surface area contributed by atoms with Crippen molar-refractivity contribution in [2.24, 2.45) is 5.41 Å². The Morgan fingerprint density at radius 1 is 0.511 bits per heavy atom. The highest BCUT2D eigenvalue weighted by Crippen LogP contribution is 2.10. The number of hydrogen-bond donors (Lipinski definition) is 10. The summed E-state index contributed by atoms with van der Waals surface area (Å²) in [5.41, 5.74) is -0.176. The van der Waals surface area contributed by atoms with Gasteiger partial charge in [0.2, 0.25) is 0 Å². The van der Waals surface area contributed by atoms with Crippen LogP contribution >= 0.6 is 0 Å². The summed E-state index contributed by atoms with van der Waals surface area (Å²) in [5.74, 6) is -6.12. The lowest BCUT2D eigenvalue weighted by Crippen LogP contribution is -2.20. The van der Waals surface area contributed by atoms with Gasteiger partial charge in [0.1, 0.15) is 0 Å². The van der Waals surface area contributed by atoms with Crippen molar-refractivity contribution < 1.29 is 79.8 Å². The maximum absolute atomic E-state index is 10.4. The highest BCUT2D eigenvalue weighted by atomic mass is 16.4. The van der Waals surface area contributed by atoms with Gasteiger partial charge in [-0.1, -0.05) is 19.9 Å². The summed E-state index contributed by atoms with van der Waals surface area (Å²) in [6.45, 7) is 3.44.